The third kappa shape index (κ3) is 4.13. The number of amides is 1. The van der Waals surface area contributed by atoms with Gasteiger partial charge in [-0.25, -0.2) is 0 Å². The van der Waals surface area contributed by atoms with E-state index in [0.717, 1.165) is 35.5 Å². The van der Waals surface area contributed by atoms with Gasteiger partial charge in [0.2, 0.25) is 0 Å². The first-order valence-electron chi connectivity index (χ1n) is 10.2. The number of fused-ring (bicyclic) bond motifs is 1. The van der Waals surface area contributed by atoms with Crippen molar-refractivity contribution < 1.29 is 19.1 Å². The number of esters is 1. The van der Waals surface area contributed by atoms with E-state index in [1.807, 2.05) is 54.7 Å². The molecule has 0 spiro atoms. The molecule has 1 saturated carbocycles. The fourth-order valence-corrected chi connectivity index (χ4v) is 3.90. The number of carbonyl (C=O) groups excluding carboxylic acids is 2. The molecule has 2 aromatic rings. The van der Waals surface area contributed by atoms with Gasteiger partial charge in [0.25, 0.3) is 5.91 Å². The molecule has 1 aliphatic carbocycles. The average Bonchev–Trinajstić information content (AvgIpc) is 3.17. The molecule has 154 valence electrons. The smallest absolute Gasteiger partial charge is 0.309 e. The molecule has 0 bridgehead atoms. The van der Waals surface area contributed by atoms with Crippen molar-refractivity contribution in [2.75, 3.05) is 19.8 Å². The number of ether oxygens (including phenoxy) is 2. The highest BCUT2D eigenvalue weighted by Gasteiger charge is 2.45. The van der Waals surface area contributed by atoms with Gasteiger partial charge in [0.15, 0.2) is 0 Å². The van der Waals surface area contributed by atoms with E-state index in [2.05, 4.69) is 5.10 Å². The van der Waals surface area contributed by atoms with Gasteiger partial charge in [0, 0.05) is 31.3 Å². The fraction of sp³-hybridized carbons (Fsp3) is 0.500. The second-order valence-corrected chi connectivity index (χ2v) is 7.86. The van der Waals surface area contributed by atoms with Gasteiger partial charge in [-0.05, 0) is 56.0 Å². The Morgan fingerprint density at radius 1 is 1.34 bits per heavy atom. The molecular formula is C22H27N3O4. The summed E-state index contributed by atoms with van der Waals surface area (Å²) in [6, 6.07) is 7.61. The Kier molecular flexibility index (Phi) is 5.30. The van der Waals surface area contributed by atoms with Gasteiger partial charge in [-0.1, -0.05) is 0 Å². The Morgan fingerprint density at radius 2 is 2.17 bits per heavy atom. The minimum Gasteiger partial charge on any atom is -0.493 e. The highest BCUT2D eigenvalue weighted by atomic mass is 16.5. The molecule has 7 heteroatoms. The van der Waals surface area contributed by atoms with Crippen LogP contribution in [0, 0.1) is 18.8 Å². The van der Waals surface area contributed by atoms with Gasteiger partial charge >= 0.3 is 5.97 Å². The van der Waals surface area contributed by atoms with E-state index in [0.29, 0.717) is 31.9 Å². The lowest BCUT2D eigenvalue weighted by molar-refractivity contribution is -0.145. The Labute approximate surface area is 170 Å². The van der Waals surface area contributed by atoms with Gasteiger partial charge in [-0.15, -0.1) is 0 Å². The van der Waals surface area contributed by atoms with Crippen LogP contribution in [0.3, 0.4) is 0 Å². The van der Waals surface area contributed by atoms with Crippen LogP contribution in [0.25, 0.3) is 0 Å². The van der Waals surface area contributed by atoms with Gasteiger partial charge < -0.3 is 14.4 Å². The zero-order valence-corrected chi connectivity index (χ0v) is 17.2. The fourth-order valence-electron chi connectivity index (χ4n) is 3.90. The Hall–Kier alpha value is -2.83. The van der Waals surface area contributed by atoms with Gasteiger partial charge in [0.05, 0.1) is 31.4 Å². The lowest BCUT2D eigenvalue weighted by Crippen LogP contribution is -2.33. The molecule has 1 fully saturated rings. The summed E-state index contributed by atoms with van der Waals surface area (Å²) in [5, 5.41) is 4.51. The van der Waals surface area contributed by atoms with Crippen LogP contribution < -0.4 is 4.74 Å². The molecule has 0 N–H and O–H groups in total. The Morgan fingerprint density at radius 3 is 2.90 bits per heavy atom. The summed E-state index contributed by atoms with van der Waals surface area (Å²) < 4.78 is 12.5. The van der Waals surface area contributed by atoms with Gasteiger partial charge in [-0.2, -0.15) is 5.10 Å². The number of benzene rings is 1. The first-order chi connectivity index (χ1) is 14.0. The summed E-state index contributed by atoms with van der Waals surface area (Å²) in [6.45, 7) is 5.78. The topological polar surface area (TPSA) is 73.7 Å². The molecule has 1 aromatic heterocycles. The summed E-state index contributed by atoms with van der Waals surface area (Å²) >= 11 is 0. The second-order valence-electron chi connectivity index (χ2n) is 7.86. The first kappa shape index (κ1) is 19.5. The number of hydrogen-bond acceptors (Lipinski definition) is 5. The van der Waals surface area contributed by atoms with E-state index in [-0.39, 0.29) is 23.7 Å². The lowest BCUT2D eigenvalue weighted by Gasteiger charge is -2.22. The molecular weight excluding hydrogens is 370 g/mol. The van der Waals surface area contributed by atoms with Crippen molar-refractivity contribution in [1.82, 2.24) is 14.7 Å². The number of carbonyl (C=O) groups is 2. The van der Waals surface area contributed by atoms with Crippen molar-refractivity contribution in [1.29, 1.82) is 0 Å². The van der Waals surface area contributed by atoms with Crippen LogP contribution in [0.2, 0.25) is 0 Å². The van der Waals surface area contributed by atoms with E-state index >= 15 is 0 Å². The van der Waals surface area contributed by atoms with E-state index in [4.69, 9.17) is 9.47 Å². The molecule has 2 heterocycles. The Bertz CT molecular complexity index is 917. The molecule has 4 rings (SSSR count). The standard InChI is InChI=1S/C22H27N3O4/c1-4-28-22(27)19-11-17(19)12-25(13-18-9-14(2)24(3)23-18)21(26)16-5-6-20-15(10-16)7-8-29-20/h5-6,9-10,17,19H,4,7-8,11-13H2,1-3H3/t17-,19+/m0/s1. The second kappa shape index (κ2) is 7.89. The molecule has 1 aromatic carbocycles. The highest BCUT2D eigenvalue weighted by Crippen LogP contribution is 2.40. The van der Waals surface area contributed by atoms with Crippen molar-refractivity contribution in [2.45, 2.75) is 33.2 Å². The van der Waals surface area contributed by atoms with E-state index in [9.17, 15) is 9.59 Å². The predicted octanol–water partition coefficient (Wildman–Crippen LogP) is 2.51. The Balaban J connectivity index is 1.52. The molecule has 0 saturated heterocycles. The van der Waals surface area contributed by atoms with E-state index in [1.165, 1.54) is 0 Å². The van der Waals surface area contributed by atoms with Crippen LogP contribution in [0.4, 0.5) is 0 Å². The number of rotatable bonds is 7. The highest BCUT2D eigenvalue weighted by molar-refractivity contribution is 5.94. The zero-order valence-electron chi connectivity index (χ0n) is 17.2. The largest absolute Gasteiger partial charge is 0.493 e. The third-order valence-corrected chi connectivity index (χ3v) is 5.71. The SMILES string of the molecule is CCOC(=O)[C@@H]1C[C@H]1CN(Cc1cc(C)n(C)n1)C(=O)c1ccc2c(c1)CCO2. The molecule has 2 atom stereocenters. The maximum atomic E-state index is 13.3. The minimum absolute atomic E-state index is 0.0440. The van der Waals surface area contributed by atoms with E-state index in [1.54, 1.807) is 0 Å². The minimum atomic E-state index is -0.159. The summed E-state index contributed by atoms with van der Waals surface area (Å²) in [5.74, 6) is 0.688. The monoisotopic (exact) mass is 397 g/mol. The quantitative estimate of drug-likeness (QED) is 0.671. The van der Waals surface area contributed by atoms with Crippen molar-refractivity contribution in [3.05, 3.63) is 46.8 Å². The van der Waals surface area contributed by atoms with Crippen molar-refractivity contribution in [3.8, 4) is 5.75 Å². The molecule has 0 radical (unpaired) electrons. The van der Waals surface area contributed by atoms with Crippen LogP contribution in [-0.2, 0) is 29.5 Å². The van der Waals surface area contributed by atoms with Gasteiger partial charge in [0.1, 0.15) is 5.75 Å². The molecule has 29 heavy (non-hydrogen) atoms. The summed E-state index contributed by atoms with van der Waals surface area (Å²) in [7, 11) is 1.89. The van der Waals surface area contributed by atoms with E-state index < -0.39 is 0 Å². The van der Waals surface area contributed by atoms with Crippen LogP contribution in [-0.4, -0.2) is 46.3 Å². The molecule has 0 unspecified atom stereocenters. The normalized spacial score (nSPS) is 19.4. The summed E-state index contributed by atoms with van der Waals surface area (Å²) in [4.78, 5) is 27.2. The predicted molar refractivity (Wildman–Crippen MR) is 107 cm³/mol. The maximum absolute atomic E-state index is 13.3. The first-order valence-corrected chi connectivity index (χ1v) is 10.2. The summed E-state index contributed by atoms with van der Waals surface area (Å²) in [6.07, 6.45) is 1.59. The molecule has 7 nitrogen and oxygen atoms in total. The van der Waals surface area contributed by atoms with Crippen LogP contribution in [0.1, 0.15) is 40.7 Å². The van der Waals surface area contributed by atoms with Crippen molar-refractivity contribution in [2.24, 2.45) is 18.9 Å². The van der Waals surface area contributed by atoms with Gasteiger partial charge in [-0.3, -0.25) is 14.3 Å². The average molecular weight is 397 g/mol. The lowest BCUT2D eigenvalue weighted by atomic mass is 10.1. The number of hydrogen-bond donors (Lipinski definition) is 0. The number of nitrogens with zero attached hydrogens (tertiary/aromatic N) is 3. The maximum Gasteiger partial charge on any atom is 0.309 e. The number of aryl methyl sites for hydroxylation is 2. The summed E-state index contributed by atoms with van der Waals surface area (Å²) in [5.41, 5.74) is 3.60. The van der Waals surface area contributed by atoms with Crippen LogP contribution in [0.15, 0.2) is 24.3 Å². The van der Waals surface area contributed by atoms with Crippen LogP contribution >= 0.6 is 0 Å². The van der Waals surface area contributed by atoms with Crippen molar-refractivity contribution in [3.63, 3.8) is 0 Å². The zero-order chi connectivity index (χ0) is 20.5. The molecule has 2 aliphatic rings. The molecule has 1 amide bonds. The third-order valence-electron chi connectivity index (χ3n) is 5.71. The van der Waals surface area contributed by atoms with Crippen LogP contribution in [0.5, 0.6) is 5.75 Å². The van der Waals surface area contributed by atoms with Crippen molar-refractivity contribution >= 4 is 11.9 Å². The number of aromatic nitrogens is 2. The molecule has 1 aliphatic heterocycles.